The first-order chi connectivity index (χ1) is 15.7. The number of nitrogens with one attached hydrogen (secondary N) is 1. The maximum atomic E-state index is 13.2. The van der Waals surface area contributed by atoms with Crippen molar-refractivity contribution in [2.24, 2.45) is 0 Å². The molecule has 1 fully saturated rings. The Labute approximate surface area is 188 Å². The zero-order chi connectivity index (χ0) is 22.2. The number of hydrogen-bond donors (Lipinski definition) is 1. The highest BCUT2D eigenvalue weighted by atomic mass is 16.5. The fraction of sp³-hybridized carbons (Fsp3) is 0.269. The number of para-hydroxylation sites is 1. The van der Waals surface area contributed by atoms with Crippen LogP contribution in [-0.2, 0) is 16.1 Å². The lowest BCUT2D eigenvalue weighted by Crippen LogP contribution is -2.49. The Morgan fingerprint density at radius 1 is 0.969 bits per heavy atom. The first kappa shape index (κ1) is 21.6. The molecule has 3 aromatic rings. The minimum atomic E-state index is -0.496. The van der Waals surface area contributed by atoms with Crippen LogP contribution in [0.25, 0.3) is 11.1 Å². The van der Waals surface area contributed by atoms with E-state index in [1.54, 1.807) is 17.3 Å². The molecule has 6 nitrogen and oxygen atoms in total. The molecule has 6 heteroatoms. The number of carbonyl (C=O) groups excluding carboxylic acids is 2. The van der Waals surface area contributed by atoms with Gasteiger partial charge in [0.1, 0.15) is 11.8 Å². The SMILES string of the molecule is O=C1NCCCC[C@@H]1N(Cc1ccc(-c2ccncc2)cc1)C(=O)COc1ccccc1. The lowest BCUT2D eigenvalue weighted by molar-refractivity contribution is -0.142. The Morgan fingerprint density at radius 2 is 1.69 bits per heavy atom. The average Bonchev–Trinajstić information content (AvgIpc) is 3.07. The van der Waals surface area contributed by atoms with Gasteiger partial charge in [-0.05, 0) is 60.2 Å². The van der Waals surface area contributed by atoms with Crippen molar-refractivity contribution in [3.63, 3.8) is 0 Å². The fourth-order valence-electron chi connectivity index (χ4n) is 3.88. The van der Waals surface area contributed by atoms with Crippen LogP contribution in [0, 0.1) is 0 Å². The lowest BCUT2D eigenvalue weighted by Gasteiger charge is -2.30. The Morgan fingerprint density at radius 3 is 2.44 bits per heavy atom. The van der Waals surface area contributed by atoms with Crippen molar-refractivity contribution >= 4 is 11.8 Å². The normalized spacial score (nSPS) is 16.0. The Bertz CT molecular complexity index is 1020. The Balaban J connectivity index is 1.51. The van der Waals surface area contributed by atoms with Gasteiger partial charge in [-0.2, -0.15) is 0 Å². The average molecular weight is 430 g/mol. The third kappa shape index (κ3) is 5.52. The molecule has 2 aromatic carbocycles. The van der Waals surface area contributed by atoms with E-state index < -0.39 is 6.04 Å². The number of nitrogens with zero attached hydrogens (tertiary/aromatic N) is 2. The van der Waals surface area contributed by atoms with Crippen molar-refractivity contribution < 1.29 is 14.3 Å². The van der Waals surface area contributed by atoms with E-state index in [0.29, 0.717) is 25.3 Å². The monoisotopic (exact) mass is 429 g/mol. The fourth-order valence-corrected chi connectivity index (χ4v) is 3.88. The van der Waals surface area contributed by atoms with Crippen molar-refractivity contribution in [1.82, 2.24) is 15.2 Å². The molecule has 0 spiro atoms. The third-order valence-electron chi connectivity index (χ3n) is 5.63. The summed E-state index contributed by atoms with van der Waals surface area (Å²) in [4.78, 5) is 31.6. The summed E-state index contributed by atoms with van der Waals surface area (Å²) in [6.07, 6.45) is 6.00. The number of amides is 2. The van der Waals surface area contributed by atoms with Crippen molar-refractivity contribution in [2.75, 3.05) is 13.2 Å². The van der Waals surface area contributed by atoms with Crippen LogP contribution in [0.5, 0.6) is 5.75 Å². The summed E-state index contributed by atoms with van der Waals surface area (Å²) in [5.41, 5.74) is 3.13. The number of pyridine rings is 1. The van der Waals surface area contributed by atoms with Gasteiger partial charge in [0.15, 0.2) is 6.61 Å². The summed E-state index contributed by atoms with van der Waals surface area (Å²) in [5.74, 6) is 0.339. The van der Waals surface area contributed by atoms with Crippen LogP contribution in [0.15, 0.2) is 79.1 Å². The quantitative estimate of drug-likeness (QED) is 0.620. The van der Waals surface area contributed by atoms with E-state index in [9.17, 15) is 9.59 Å². The van der Waals surface area contributed by atoms with Gasteiger partial charge in [0.25, 0.3) is 5.91 Å². The first-order valence-electron chi connectivity index (χ1n) is 10.9. The smallest absolute Gasteiger partial charge is 0.261 e. The maximum Gasteiger partial charge on any atom is 0.261 e. The van der Waals surface area contributed by atoms with Gasteiger partial charge in [0.2, 0.25) is 5.91 Å². The van der Waals surface area contributed by atoms with Crippen LogP contribution in [0.3, 0.4) is 0 Å². The summed E-state index contributed by atoms with van der Waals surface area (Å²) >= 11 is 0. The van der Waals surface area contributed by atoms with E-state index in [1.165, 1.54) is 0 Å². The summed E-state index contributed by atoms with van der Waals surface area (Å²) in [5, 5.41) is 2.94. The van der Waals surface area contributed by atoms with Gasteiger partial charge in [0, 0.05) is 25.5 Å². The Hall–Kier alpha value is -3.67. The molecule has 0 aliphatic carbocycles. The molecule has 164 valence electrons. The summed E-state index contributed by atoms with van der Waals surface area (Å²) in [6.45, 7) is 0.896. The molecule has 0 unspecified atom stereocenters. The zero-order valence-corrected chi connectivity index (χ0v) is 17.9. The second kappa shape index (κ2) is 10.6. The molecule has 2 amide bonds. The van der Waals surface area contributed by atoms with E-state index in [1.807, 2.05) is 66.7 Å². The Kier molecular flexibility index (Phi) is 7.12. The number of carbonyl (C=O) groups is 2. The van der Waals surface area contributed by atoms with Crippen molar-refractivity contribution in [2.45, 2.75) is 31.8 Å². The predicted octanol–water partition coefficient (Wildman–Crippen LogP) is 3.82. The molecule has 0 saturated carbocycles. The number of aromatic nitrogens is 1. The molecule has 1 atom stereocenters. The van der Waals surface area contributed by atoms with Gasteiger partial charge in [0.05, 0.1) is 0 Å². The van der Waals surface area contributed by atoms with Crippen LogP contribution >= 0.6 is 0 Å². The van der Waals surface area contributed by atoms with Crippen LogP contribution < -0.4 is 10.1 Å². The first-order valence-corrected chi connectivity index (χ1v) is 10.9. The highest BCUT2D eigenvalue weighted by Gasteiger charge is 2.31. The molecule has 0 radical (unpaired) electrons. The van der Waals surface area contributed by atoms with Gasteiger partial charge in [-0.3, -0.25) is 14.6 Å². The molecule has 4 rings (SSSR count). The topological polar surface area (TPSA) is 71.5 Å². The highest BCUT2D eigenvalue weighted by molar-refractivity contribution is 5.88. The van der Waals surface area contributed by atoms with Gasteiger partial charge < -0.3 is 15.0 Å². The number of ether oxygens (including phenoxy) is 1. The zero-order valence-electron chi connectivity index (χ0n) is 17.9. The molecule has 1 saturated heterocycles. The maximum absolute atomic E-state index is 13.2. The molecule has 0 bridgehead atoms. The molecule has 1 aliphatic rings. The lowest BCUT2D eigenvalue weighted by atomic mass is 10.0. The van der Waals surface area contributed by atoms with Crippen LogP contribution in [0.4, 0.5) is 0 Å². The minimum Gasteiger partial charge on any atom is -0.484 e. The van der Waals surface area contributed by atoms with Crippen LogP contribution in [0.2, 0.25) is 0 Å². The molecule has 1 aromatic heterocycles. The molecule has 1 N–H and O–H groups in total. The molecule has 1 aliphatic heterocycles. The standard InChI is InChI=1S/C26H27N3O3/c30-25(19-32-23-6-2-1-3-7-23)29(24-8-4-5-15-28-26(24)31)18-20-9-11-21(12-10-20)22-13-16-27-17-14-22/h1-3,6-7,9-14,16-17,24H,4-5,8,15,18-19H2,(H,28,31)/t24-/m0/s1. The molecule has 2 heterocycles. The van der Waals surface area contributed by atoms with Gasteiger partial charge >= 0.3 is 0 Å². The largest absolute Gasteiger partial charge is 0.484 e. The van der Waals surface area contributed by atoms with E-state index >= 15 is 0 Å². The summed E-state index contributed by atoms with van der Waals surface area (Å²) < 4.78 is 5.69. The van der Waals surface area contributed by atoms with E-state index in [0.717, 1.165) is 29.5 Å². The van der Waals surface area contributed by atoms with Crippen LogP contribution in [-0.4, -0.2) is 40.9 Å². The third-order valence-corrected chi connectivity index (χ3v) is 5.63. The highest BCUT2D eigenvalue weighted by Crippen LogP contribution is 2.21. The second-order valence-electron chi connectivity index (χ2n) is 7.86. The second-order valence-corrected chi connectivity index (χ2v) is 7.86. The van der Waals surface area contributed by atoms with Crippen molar-refractivity contribution in [3.8, 4) is 16.9 Å². The summed E-state index contributed by atoms with van der Waals surface area (Å²) in [7, 11) is 0. The van der Waals surface area contributed by atoms with Crippen LogP contribution in [0.1, 0.15) is 24.8 Å². The van der Waals surface area contributed by atoms with Gasteiger partial charge in [-0.15, -0.1) is 0 Å². The molecular formula is C26H27N3O3. The molecule has 32 heavy (non-hydrogen) atoms. The minimum absolute atomic E-state index is 0.0935. The number of hydrogen-bond acceptors (Lipinski definition) is 4. The van der Waals surface area contributed by atoms with E-state index in [2.05, 4.69) is 10.3 Å². The van der Waals surface area contributed by atoms with Crippen molar-refractivity contribution in [1.29, 1.82) is 0 Å². The predicted molar refractivity (Wildman–Crippen MR) is 123 cm³/mol. The van der Waals surface area contributed by atoms with Gasteiger partial charge in [-0.1, -0.05) is 42.5 Å². The summed E-state index contributed by atoms with van der Waals surface area (Å²) in [6, 6.07) is 20.7. The van der Waals surface area contributed by atoms with Gasteiger partial charge in [-0.25, -0.2) is 0 Å². The van der Waals surface area contributed by atoms with E-state index in [4.69, 9.17) is 4.74 Å². The molecular weight excluding hydrogens is 402 g/mol. The van der Waals surface area contributed by atoms with Crippen molar-refractivity contribution in [3.05, 3.63) is 84.7 Å². The number of benzene rings is 2. The number of rotatable bonds is 7. The van der Waals surface area contributed by atoms with E-state index in [-0.39, 0.29) is 18.4 Å².